The van der Waals surface area contributed by atoms with Crippen LogP contribution < -0.4 is 5.63 Å². The number of pyridine rings is 1. The molecule has 25 heavy (non-hydrogen) atoms. The van der Waals surface area contributed by atoms with Gasteiger partial charge in [0.1, 0.15) is 16.7 Å². The first-order valence-corrected chi connectivity index (χ1v) is 8.55. The number of para-hydroxylation sites is 1. The van der Waals surface area contributed by atoms with Crippen LogP contribution in [-0.2, 0) is 0 Å². The molecule has 0 unspecified atom stereocenters. The second-order valence-electron chi connectivity index (χ2n) is 5.56. The van der Waals surface area contributed by atoms with Gasteiger partial charge in [0.05, 0.1) is 11.3 Å². The molecule has 0 saturated heterocycles. The van der Waals surface area contributed by atoms with Crippen molar-refractivity contribution in [1.82, 2.24) is 4.98 Å². The number of nitrogens with zero attached hydrogens (tertiary/aromatic N) is 2. The Morgan fingerprint density at radius 2 is 2.04 bits per heavy atom. The molecule has 0 saturated carbocycles. The van der Waals surface area contributed by atoms with Gasteiger partial charge < -0.3 is 4.42 Å². The number of thioether (sulfide) groups is 1. The number of fused-ring (bicyclic) bond motifs is 1. The second kappa shape index (κ2) is 6.91. The highest BCUT2D eigenvalue weighted by atomic mass is 32.2. The molecule has 1 aromatic carbocycles. The Morgan fingerprint density at radius 1 is 1.28 bits per heavy atom. The lowest BCUT2D eigenvalue weighted by atomic mass is 10.1. The van der Waals surface area contributed by atoms with Crippen LogP contribution in [0.3, 0.4) is 0 Å². The number of rotatable bonds is 4. The van der Waals surface area contributed by atoms with Crippen molar-refractivity contribution in [2.24, 2.45) is 0 Å². The lowest BCUT2D eigenvalue weighted by molar-refractivity contribution is 0.102. The van der Waals surface area contributed by atoms with Crippen LogP contribution in [0.25, 0.3) is 11.0 Å². The molecule has 3 aromatic rings. The molecule has 0 atom stereocenters. The molecular weight excluding hydrogens is 336 g/mol. The summed E-state index contributed by atoms with van der Waals surface area (Å²) >= 11 is 1.20. The van der Waals surface area contributed by atoms with Crippen molar-refractivity contribution in [3.05, 3.63) is 69.2 Å². The van der Waals surface area contributed by atoms with E-state index in [1.54, 1.807) is 24.3 Å². The number of carbonyl (C=O) groups is 1. The van der Waals surface area contributed by atoms with Crippen LogP contribution in [0, 0.1) is 25.2 Å². The van der Waals surface area contributed by atoms with E-state index in [1.165, 1.54) is 17.8 Å². The summed E-state index contributed by atoms with van der Waals surface area (Å²) in [6.07, 6.45) is 0. The van der Waals surface area contributed by atoms with E-state index in [1.807, 2.05) is 19.9 Å². The van der Waals surface area contributed by atoms with E-state index in [4.69, 9.17) is 4.42 Å². The van der Waals surface area contributed by atoms with E-state index in [-0.39, 0.29) is 11.5 Å². The zero-order valence-corrected chi connectivity index (χ0v) is 14.5. The first-order chi connectivity index (χ1) is 12.0. The summed E-state index contributed by atoms with van der Waals surface area (Å²) in [7, 11) is 0. The number of Topliss-reactive ketones (excluding diaryl/α,β-unsaturated/α-hetero) is 1. The van der Waals surface area contributed by atoms with Crippen LogP contribution in [-0.4, -0.2) is 16.5 Å². The smallest absolute Gasteiger partial charge is 0.336 e. The summed E-state index contributed by atoms with van der Waals surface area (Å²) in [6, 6.07) is 12.1. The Hall–Kier alpha value is -2.91. The number of hydrogen-bond acceptors (Lipinski definition) is 6. The predicted octanol–water partition coefficient (Wildman–Crippen LogP) is 3.65. The Labute approximate surface area is 148 Å². The van der Waals surface area contributed by atoms with E-state index < -0.39 is 5.63 Å². The third-order valence-electron chi connectivity index (χ3n) is 3.71. The maximum Gasteiger partial charge on any atom is 0.336 e. The number of carbonyl (C=O) groups excluding carboxylic acids is 1. The van der Waals surface area contributed by atoms with Gasteiger partial charge in [0, 0.05) is 22.7 Å². The number of aryl methyl sites for hydroxylation is 2. The van der Waals surface area contributed by atoms with Gasteiger partial charge in [-0.3, -0.25) is 4.79 Å². The van der Waals surface area contributed by atoms with Crippen LogP contribution in [0.15, 0.2) is 50.6 Å². The van der Waals surface area contributed by atoms with Gasteiger partial charge in [-0.1, -0.05) is 30.0 Å². The van der Waals surface area contributed by atoms with Crippen molar-refractivity contribution in [3.8, 4) is 6.07 Å². The molecule has 2 heterocycles. The quantitative estimate of drug-likeness (QED) is 0.406. The van der Waals surface area contributed by atoms with Gasteiger partial charge in [-0.25, -0.2) is 9.78 Å². The highest BCUT2D eigenvalue weighted by Crippen LogP contribution is 2.25. The largest absolute Gasteiger partial charge is 0.423 e. The normalized spacial score (nSPS) is 10.6. The molecule has 0 N–H and O–H groups in total. The van der Waals surface area contributed by atoms with E-state index in [2.05, 4.69) is 11.1 Å². The number of nitriles is 1. The fourth-order valence-electron chi connectivity index (χ4n) is 2.60. The van der Waals surface area contributed by atoms with Gasteiger partial charge >= 0.3 is 5.63 Å². The topological polar surface area (TPSA) is 84.0 Å². The molecule has 0 aliphatic carbocycles. The van der Waals surface area contributed by atoms with Gasteiger partial charge in [0.25, 0.3) is 0 Å². The lowest BCUT2D eigenvalue weighted by Gasteiger charge is -2.08. The summed E-state index contributed by atoms with van der Waals surface area (Å²) in [5.74, 6) is -0.128. The van der Waals surface area contributed by atoms with Crippen molar-refractivity contribution < 1.29 is 9.21 Å². The third-order valence-corrected chi connectivity index (χ3v) is 4.69. The average Bonchev–Trinajstić information content (AvgIpc) is 2.58. The average molecular weight is 350 g/mol. The third kappa shape index (κ3) is 3.47. The van der Waals surface area contributed by atoms with Crippen LogP contribution in [0.2, 0.25) is 0 Å². The Morgan fingerprint density at radius 3 is 2.80 bits per heavy atom. The molecule has 2 aromatic heterocycles. The van der Waals surface area contributed by atoms with Crippen molar-refractivity contribution >= 4 is 28.5 Å². The minimum Gasteiger partial charge on any atom is -0.423 e. The van der Waals surface area contributed by atoms with E-state index >= 15 is 0 Å². The lowest BCUT2D eigenvalue weighted by Crippen LogP contribution is -2.09. The maximum atomic E-state index is 12.6. The van der Waals surface area contributed by atoms with Crippen molar-refractivity contribution in [2.45, 2.75) is 18.9 Å². The molecule has 0 aliphatic rings. The molecular formula is C19H14N2O3S. The molecule has 5 nitrogen and oxygen atoms in total. The fourth-order valence-corrected chi connectivity index (χ4v) is 3.58. The molecule has 3 rings (SSSR count). The first-order valence-electron chi connectivity index (χ1n) is 7.57. The zero-order chi connectivity index (χ0) is 18.0. The van der Waals surface area contributed by atoms with Crippen LogP contribution in [0.1, 0.15) is 27.2 Å². The predicted molar refractivity (Wildman–Crippen MR) is 96.0 cm³/mol. The van der Waals surface area contributed by atoms with Gasteiger partial charge in [0.2, 0.25) is 0 Å². The fraction of sp³-hybridized carbons (Fsp3) is 0.158. The van der Waals surface area contributed by atoms with E-state index in [0.717, 1.165) is 11.3 Å². The summed E-state index contributed by atoms with van der Waals surface area (Å²) < 4.78 is 5.11. The Bertz CT molecular complexity index is 1080. The molecule has 0 bridgehead atoms. The highest BCUT2D eigenvalue weighted by molar-refractivity contribution is 8.00. The van der Waals surface area contributed by atoms with Gasteiger partial charge in [-0.15, -0.1) is 0 Å². The number of benzene rings is 1. The van der Waals surface area contributed by atoms with Gasteiger partial charge in [-0.2, -0.15) is 5.26 Å². The van der Waals surface area contributed by atoms with Gasteiger partial charge in [0.15, 0.2) is 5.78 Å². The van der Waals surface area contributed by atoms with Gasteiger partial charge in [-0.05, 0) is 31.5 Å². The molecule has 6 heteroatoms. The molecule has 124 valence electrons. The molecule has 0 radical (unpaired) electrons. The summed E-state index contributed by atoms with van der Waals surface area (Å²) in [4.78, 5) is 28.7. The Balaban J connectivity index is 1.93. The molecule has 0 fully saturated rings. The standard InChI is InChI=1S/C19H14N2O3S/c1-11-7-12(2)21-19(15(11)9-20)25-10-16(22)14-8-18(23)24-17-6-4-3-5-13(14)17/h3-8H,10H2,1-2H3. The maximum absolute atomic E-state index is 12.6. The Kier molecular flexibility index (Phi) is 4.68. The minimum atomic E-state index is -0.561. The zero-order valence-electron chi connectivity index (χ0n) is 13.7. The monoisotopic (exact) mass is 350 g/mol. The molecule has 0 amide bonds. The molecule has 0 aliphatic heterocycles. The van der Waals surface area contributed by atoms with Crippen molar-refractivity contribution in [3.63, 3.8) is 0 Å². The summed E-state index contributed by atoms with van der Waals surface area (Å²) in [5, 5.41) is 10.4. The minimum absolute atomic E-state index is 0.0814. The van der Waals surface area contributed by atoms with E-state index in [0.29, 0.717) is 27.1 Å². The summed E-state index contributed by atoms with van der Waals surface area (Å²) in [6.45, 7) is 3.69. The number of aromatic nitrogens is 1. The van der Waals surface area contributed by atoms with Crippen LogP contribution in [0.4, 0.5) is 0 Å². The summed E-state index contributed by atoms with van der Waals surface area (Å²) in [5.41, 5.74) is 2.23. The number of ketones is 1. The van der Waals surface area contributed by atoms with Crippen molar-refractivity contribution in [2.75, 3.05) is 5.75 Å². The molecule has 0 spiro atoms. The van der Waals surface area contributed by atoms with E-state index in [9.17, 15) is 14.9 Å². The first kappa shape index (κ1) is 16.9. The van der Waals surface area contributed by atoms with Crippen LogP contribution >= 0.6 is 11.8 Å². The second-order valence-corrected chi connectivity index (χ2v) is 6.52. The van der Waals surface area contributed by atoms with Crippen LogP contribution in [0.5, 0.6) is 0 Å². The van der Waals surface area contributed by atoms with Crippen molar-refractivity contribution in [1.29, 1.82) is 5.26 Å². The number of hydrogen-bond donors (Lipinski definition) is 0. The SMILES string of the molecule is Cc1cc(C)c(C#N)c(SCC(=O)c2cc(=O)oc3ccccc23)n1. The highest BCUT2D eigenvalue weighted by Gasteiger charge is 2.16.